The quantitative estimate of drug-likeness (QED) is 0.267. The SMILES string of the molecule is CC(=O)C(=Cc1cccc(C)c1)C(=O)OCCC#N. The van der Waals surface area contributed by atoms with Gasteiger partial charge in [-0.25, -0.2) is 4.79 Å². The Morgan fingerprint density at radius 2 is 2.16 bits per heavy atom. The molecule has 0 saturated carbocycles. The van der Waals surface area contributed by atoms with Crippen molar-refractivity contribution >= 4 is 17.8 Å². The van der Waals surface area contributed by atoms with Gasteiger partial charge in [0.25, 0.3) is 0 Å². The van der Waals surface area contributed by atoms with Gasteiger partial charge in [-0.3, -0.25) is 4.79 Å². The highest BCUT2D eigenvalue weighted by Crippen LogP contribution is 2.11. The van der Waals surface area contributed by atoms with Gasteiger partial charge in [-0.15, -0.1) is 0 Å². The number of aryl methyl sites for hydroxylation is 1. The molecule has 98 valence electrons. The van der Waals surface area contributed by atoms with E-state index in [1.165, 1.54) is 13.0 Å². The second kappa shape index (κ2) is 7.12. The van der Waals surface area contributed by atoms with Crippen molar-refractivity contribution in [3.63, 3.8) is 0 Å². The van der Waals surface area contributed by atoms with Gasteiger partial charge in [0.05, 0.1) is 12.5 Å². The van der Waals surface area contributed by atoms with Crippen molar-refractivity contribution in [2.75, 3.05) is 6.61 Å². The van der Waals surface area contributed by atoms with E-state index in [2.05, 4.69) is 0 Å². The van der Waals surface area contributed by atoms with Crippen molar-refractivity contribution in [1.29, 1.82) is 5.26 Å². The third kappa shape index (κ3) is 4.76. The van der Waals surface area contributed by atoms with Gasteiger partial charge >= 0.3 is 5.97 Å². The number of carbonyl (C=O) groups is 2. The summed E-state index contributed by atoms with van der Waals surface area (Å²) in [6, 6.07) is 9.31. The van der Waals surface area contributed by atoms with Crippen LogP contribution in [0.1, 0.15) is 24.5 Å². The first kappa shape index (κ1) is 14.7. The molecule has 0 aliphatic rings. The second-order valence-electron chi connectivity index (χ2n) is 4.07. The summed E-state index contributed by atoms with van der Waals surface area (Å²) in [6.07, 6.45) is 1.62. The molecule has 0 spiro atoms. The van der Waals surface area contributed by atoms with Crippen LogP contribution in [0.2, 0.25) is 0 Å². The van der Waals surface area contributed by atoms with Crippen LogP contribution >= 0.6 is 0 Å². The van der Waals surface area contributed by atoms with Crippen LogP contribution in [0, 0.1) is 18.3 Å². The zero-order valence-electron chi connectivity index (χ0n) is 11.0. The fraction of sp³-hybridized carbons (Fsp3) is 0.267. The van der Waals surface area contributed by atoms with Crippen LogP contribution in [0.15, 0.2) is 29.8 Å². The van der Waals surface area contributed by atoms with Gasteiger partial charge in [-0.2, -0.15) is 5.26 Å². The number of esters is 1. The standard InChI is InChI=1S/C15H15NO3/c1-11-5-3-6-13(9-11)10-14(12(2)17)15(18)19-8-4-7-16/h3,5-6,9-10H,4,8H2,1-2H3. The van der Waals surface area contributed by atoms with Crippen LogP contribution < -0.4 is 0 Å². The van der Waals surface area contributed by atoms with Crippen molar-refractivity contribution in [2.45, 2.75) is 20.3 Å². The fourth-order valence-electron chi connectivity index (χ4n) is 1.50. The fourth-order valence-corrected chi connectivity index (χ4v) is 1.50. The van der Waals surface area contributed by atoms with Crippen LogP contribution in [0.4, 0.5) is 0 Å². The Balaban J connectivity index is 2.92. The highest BCUT2D eigenvalue weighted by Gasteiger charge is 2.15. The Hall–Kier alpha value is -2.41. The summed E-state index contributed by atoms with van der Waals surface area (Å²) < 4.78 is 4.86. The van der Waals surface area contributed by atoms with Gasteiger partial charge in [-0.1, -0.05) is 29.8 Å². The van der Waals surface area contributed by atoms with E-state index in [1.807, 2.05) is 31.2 Å². The normalized spacial score (nSPS) is 10.7. The molecule has 0 aromatic heterocycles. The molecule has 0 radical (unpaired) electrons. The van der Waals surface area contributed by atoms with Gasteiger partial charge < -0.3 is 4.74 Å². The average molecular weight is 257 g/mol. The van der Waals surface area contributed by atoms with Crippen LogP contribution in [0.3, 0.4) is 0 Å². The predicted molar refractivity (Wildman–Crippen MR) is 71.0 cm³/mol. The van der Waals surface area contributed by atoms with Crippen LogP contribution in [0.25, 0.3) is 6.08 Å². The molecule has 0 fully saturated rings. The second-order valence-corrected chi connectivity index (χ2v) is 4.07. The maximum atomic E-state index is 11.7. The van der Waals surface area contributed by atoms with Crippen molar-refractivity contribution < 1.29 is 14.3 Å². The Morgan fingerprint density at radius 3 is 2.74 bits per heavy atom. The van der Waals surface area contributed by atoms with Gasteiger partial charge in [0.15, 0.2) is 5.78 Å². The lowest BCUT2D eigenvalue weighted by atomic mass is 10.1. The lowest BCUT2D eigenvalue weighted by molar-refractivity contribution is -0.140. The molecule has 0 amide bonds. The minimum absolute atomic E-state index is 0.00618. The maximum Gasteiger partial charge on any atom is 0.341 e. The number of rotatable bonds is 5. The third-order valence-electron chi connectivity index (χ3n) is 2.40. The molecule has 19 heavy (non-hydrogen) atoms. The predicted octanol–water partition coefficient (Wildman–Crippen LogP) is 2.42. The summed E-state index contributed by atoms with van der Waals surface area (Å²) in [7, 11) is 0. The van der Waals surface area contributed by atoms with Crippen LogP contribution in [-0.4, -0.2) is 18.4 Å². The summed E-state index contributed by atoms with van der Waals surface area (Å²) in [5.41, 5.74) is 1.79. The van der Waals surface area contributed by atoms with E-state index in [4.69, 9.17) is 10.00 Å². The zero-order chi connectivity index (χ0) is 14.3. The summed E-state index contributed by atoms with van der Waals surface area (Å²) in [5, 5.41) is 8.37. The molecule has 0 unspecified atom stereocenters. The van der Waals surface area contributed by atoms with Gasteiger partial charge in [0.2, 0.25) is 0 Å². The minimum atomic E-state index is -0.691. The van der Waals surface area contributed by atoms with Crippen molar-refractivity contribution in [3.8, 4) is 6.07 Å². The Bertz CT molecular complexity index is 553. The molecule has 0 bridgehead atoms. The van der Waals surface area contributed by atoms with Crippen LogP contribution in [0.5, 0.6) is 0 Å². The molecule has 0 aliphatic carbocycles. The van der Waals surface area contributed by atoms with E-state index in [1.54, 1.807) is 6.07 Å². The van der Waals surface area contributed by atoms with E-state index in [-0.39, 0.29) is 24.4 Å². The topological polar surface area (TPSA) is 67.2 Å². The lowest BCUT2D eigenvalue weighted by Crippen LogP contribution is -2.14. The summed E-state index contributed by atoms with van der Waals surface area (Å²) >= 11 is 0. The summed E-state index contributed by atoms with van der Waals surface area (Å²) in [5.74, 6) is -1.05. The average Bonchev–Trinajstić information content (AvgIpc) is 2.36. The van der Waals surface area contributed by atoms with E-state index in [9.17, 15) is 9.59 Å². The molecule has 4 nitrogen and oxygen atoms in total. The first-order valence-corrected chi connectivity index (χ1v) is 5.88. The molecule has 4 heteroatoms. The monoisotopic (exact) mass is 257 g/mol. The number of hydrogen-bond acceptors (Lipinski definition) is 4. The van der Waals surface area contributed by atoms with E-state index in [0.717, 1.165) is 11.1 Å². The Morgan fingerprint density at radius 1 is 1.42 bits per heavy atom. The van der Waals surface area contributed by atoms with Crippen molar-refractivity contribution in [1.82, 2.24) is 0 Å². The lowest BCUT2D eigenvalue weighted by Gasteiger charge is -2.04. The third-order valence-corrected chi connectivity index (χ3v) is 2.40. The van der Waals surface area contributed by atoms with Gasteiger partial charge in [0.1, 0.15) is 12.2 Å². The van der Waals surface area contributed by atoms with E-state index in [0.29, 0.717) is 0 Å². The Labute approximate surface area is 112 Å². The molecule has 1 aromatic carbocycles. The number of hydrogen-bond donors (Lipinski definition) is 0. The zero-order valence-corrected chi connectivity index (χ0v) is 11.0. The highest BCUT2D eigenvalue weighted by atomic mass is 16.5. The number of ether oxygens (including phenoxy) is 1. The smallest absolute Gasteiger partial charge is 0.341 e. The molecule has 1 rings (SSSR count). The van der Waals surface area contributed by atoms with Gasteiger partial charge in [-0.05, 0) is 25.5 Å². The number of nitrogens with zero attached hydrogens (tertiary/aromatic N) is 1. The number of carbonyl (C=O) groups excluding carboxylic acids is 2. The van der Waals surface area contributed by atoms with Crippen molar-refractivity contribution in [3.05, 3.63) is 41.0 Å². The molecule has 0 atom stereocenters. The number of Topliss-reactive ketones (excluding diaryl/α,β-unsaturated/α-hetero) is 1. The Kier molecular flexibility index (Phi) is 5.49. The summed E-state index contributed by atoms with van der Waals surface area (Å²) in [4.78, 5) is 23.2. The van der Waals surface area contributed by atoms with Gasteiger partial charge in [0, 0.05) is 0 Å². The molecular formula is C15H15NO3. The number of benzene rings is 1. The van der Waals surface area contributed by atoms with E-state index < -0.39 is 5.97 Å². The molecule has 0 saturated heterocycles. The summed E-state index contributed by atoms with van der Waals surface area (Å²) in [6.45, 7) is 3.23. The first-order valence-electron chi connectivity index (χ1n) is 5.88. The van der Waals surface area contributed by atoms with Crippen LogP contribution in [-0.2, 0) is 14.3 Å². The minimum Gasteiger partial charge on any atom is -0.461 e. The molecule has 0 N–H and O–H groups in total. The molecular weight excluding hydrogens is 242 g/mol. The van der Waals surface area contributed by atoms with Crippen molar-refractivity contribution in [2.24, 2.45) is 0 Å². The molecule has 1 aromatic rings. The molecule has 0 heterocycles. The number of ketones is 1. The van der Waals surface area contributed by atoms with E-state index >= 15 is 0 Å². The highest BCUT2D eigenvalue weighted by molar-refractivity contribution is 6.19. The number of nitriles is 1. The largest absolute Gasteiger partial charge is 0.461 e. The molecule has 0 aliphatic heterocycles. The maximum absolute atomic E-state index is 11.7. The first-order chi connectivity index (χ1) is 9.04.